The Morgan fingerprint density at radius 1 is 1.57 bits per heavy atom. The van der Waals surface area contributed by atoms with E-state index in [9.17, 15) is 14.7 Å². The summed E-state index contributed by atoms with van der Waals surface area (Å²) in [6, 6.07) is 0. The van der Waals surface area contributed by atoms with E-state index >= 15 is 0 Å². The minimum absolute atomic E-state index is 0.246. The number of carbonyl (C=O) groups is 1. The molecule has 1 aromatic rings. The van der Waals surface area contributed by atoms with Gasteiger partial charge in [-0.3, -0.25) is 9.59 Å². The van der Waals surface area contributed by atoms with Crippen LogP contribution in [0.25, 0.3) is 0 Å². The summed E-state index contributed by atoms with van der Waals surface area (Å²) in [5.74, 6) is -0.166. The fourth-order valence-electron chi connectivity index (χ4n) is 1.74. The molecule has 1 atom stereocenters. The molecule has 0 aliphatic carbocycles. The highest BCUT2D eigenvalue weighted by Gasteiger charge is 2.13. The minimum Gasteiger partial charge on any atom is -0.468 e. The number of halogens is 1. The number of nitrogens with one attached hydrogen (secondary N) is 1. The van der Waals surface area contributed by atoms with Crippen molar-refractivity contribution in [3.8, 4) is 0 Å². The van der Waals surface area contributed by atoms with Gasteiger partial charge in [0.1, 0.15) is 11.0 Å². The fourth-order valence-corrected chi connectivity index (χ4v) is 2.19. The summed E-state index contributed by atoms with van der Waals surface area (Å²) >= 11 is 3.17. The van der Waals surface area contributed by atoms with Gasteiger partial charge in [-0.1, -0.05) is 13.8 Å². The molecule has 1 heterocycles. The molecule has 1 unspecified atom stereocenters. The third kappa shape index (κ3) is 5.47. The number of methoxy groups -OCH3 is 1. The van der Waals surface area contributed by atoms with Gasteiger partial charge in [0.05, 0.1) is 25.1 Å². The number of aliphatic hydroxyl groups is 1. The highest BCUT2D eigenvalue weighted by atomic mass is 79.9. The maximum Gasteiger partial charge on any atom is 0.327 e. The van der Waals surface area contributed by atoms with Crippen LogP contribution in [0.15, 0.2) is 15.5 Å². The lowest BCUT2D eigenvalue weighted by molar-refractivity contribution is -0.141. The molecule has 0 radical (unpaired) electrons. The molecule has 0 aromatic carbocycles. The van der Waals surface area contributed by atoms with E-state index in [2.05, 4.69) is 31.1 Å². The zero-order chi connectivity index (χ0) is 16.0. The Balaban J connectivity index is 2.76. The normalized spacial score (nSPS) is 12.3. The quantitative estimate of drug-likeness (QED) is 0.703. The van der Waals surface area contributed by atoms with Crippen molar-refractivity contribution in [2.45, 2.75) is 32.9 Å². The lowest BCUT2D eigenvalue weighted by atomic mass is 10.1. The second-order valence-corrected chi connectivity index (χ2v) is 5.87. The van der Waals surface area contributed by atoms with Gasteiger partial charge in [0, 0.05) is 6.54 Å². The first-order valence-corrected chi connectivity index (χ1v) is 7.38. The summed E-state index contributed by atoms with van der Waals surface area (Å²) in [4.78, 5) is 23.2. The molecule has 118 valence electrons. The van der Waals surface area contributed by atoms with Crippen LogP contribution in [0, 0.1) is 5.92 Å². The maximum atomic E-state index is 12.0. The van der Waals surface area contributed by atoms with Gasteiger partial charge in [-0.05, 0) is 28.3 Å². The maximum absolute atomic E-state index is 12.0. The largest absolute Gasteiger partial charge is 0.468 e. The first-order valence-electron chi connectivity index (χ1n) is 6.59. The Bertz CT molecular complexity index is 545. The number of hydrogen-bond donors (Lipinski definition) is 2. The third-order valence-electron chi connectivity index (χ3n) is 2.76. The number of carbonyl (C=O) groups excluding carboxylic acids is 1. The summed E-state index contributed by atoms with van der Waals surface area (Å²) in [6.45, 7) is 4.12. The summed E-state index contributed by atoms with van der Waals surface area (Å²) in [7, 11) is 1.24. The Kier molecular flexibility index (Phi) is 6.83. The third-order valence-corrected chi connectivity index (χ3v) is 3.53. The number of nitrogens with zero attached hydrogens (tertiary/aromatic N) is 2. The first kappa shape index (κ1) is 17.6. The van der Waals surface area contributed by atoms with E-state index in [0.29, 0.717) is 24.6 Å². The van der Waals surface area contributed by atoms with Crippen LogP contribution in [0.3, 0.4) is 0 Å². The second-order valence-electron chi connectivity index (χ2n) is 5.08. The molecule has 2 N–H and O–H groups in total. The van der Waals surface area contributed by atoms with Crippen LogP contribution in [0.1, 0.15) is 20.3 Å². The Labute approximate surface area is 131 Å². The lowest BCUT2D eigenvalue weighted by Crippen LogP contribution is -2.29. The van der Waals surface area contributed by atoms with E-state index in [-0.39, 0.29) is 11.0 Å². The standard InChI is InChI=1S/C13H20BrN3O4/c1-8(2)4-9(18)5-15-10-6-16-17(7-11(19)21-3)13(20)12(10)14/h6,8-9,15,18H,4-5,7H2,1-3H3. The van der Waals surface area contributed by atoms with Crippen molar-refractivity contribution in [2.24, 2.45) is 5.92 Å². The van der Waals surface area contributed by atoms with E-state index in [1.165, 1.54) is 13.3 Å². The highest BCUT2D eigenvalue weighted by Crippen LogP contribution is 2.16. The van der Waals surface area contributed by atoms with Crippen LogP contribution < -0.4 is 10.9 Å². The highest BCUT2D eigenvalue weighted by molar-refractivity contribution is 9.10. The number of aromatic nitrogens is 2. The molecule has 0 saturated carbocycles. The first-order chi connectivity index (χ1) is 9.85. The predicted molar refractivity (Wildman–Crippen MR) is 82.2 cm³/mol. The molecule has 0 spiro atoms. The monoisotopic (exact) mass is 361 g/mol. The molecule has 0 aliphatic rings. The van der Waals surface area contributed by atoms with Gasteiger partial charge in [0.2, 0.25) is 0 Å². The van der Waals surface area contributed by atoms with Crippen molar-refractivity contribution in [3.63, 3.8) is 0 Å². The van der Waals surface area contributed by atoms with Crippen LogP contribution in [0.5, 0.6) is 0 Å². The number of ether oxygens (including phenoxy) is 1. The Morgan fingerprint density at radius 3 is 2.81 bits per heavy atom. The molecule has 0 amide bonds. The Hall–Kier alpha value is -1.41. The van der Waals surface area contributed by atoms with Crippen molar-refractivity contribution < 1.29 is 14.6 Å². The molecule has 0 aliphatic heterocycles. The molecule has 21 heavy (non-hydrogen) atoms. The van der Waals surface area contributed by atoms with Gasteiger partial charge in [-0.2, -0.15) is 5.10 Å². The van der Waals surface area contributed by atoms with E-state index in [4.69, 9.17) is 0 Å². The molecule has 1 aromatic heterocycles. The van der Waals surface area contributed by atoms with Crippen molar-refractivity contribution in [1.29, 1.82) is 0 Å². The topological polar surface area (TPSA) is 93.5 Å². The molecule has 1 rings (SSSR count). The van der Waals surface area contributed by atoms with Crippen molar-refractivity contribution >= 4 is 27.6 Å². The van der Waals surface area contributed by atoms with E-state index in [0.717, 1.165) is 4.68 Å². The zero-order valence-corrected chi connectivity index (χ0v) is 13.9. The zero-order valence-electron chi connectivity index (χ0n) is 12.3. The van der Waals surface area contributed by atoms with Crippen molar-refractivity contribution in [1.82, 2.24) is 9.78 Å². The SMILES string of the molecule is COC(=O)Cn1ncc(NCC(O)CC(C)C)c(Br)c1=O. The van der Waals surface area contributed by atoms with Gasteiger partial charge in [-0.25, -0.2) is 4.68 Å². The molecule has 0 saturated heterocycles. The van der Waals surface area contributed by atoms with Crippen LogP contribution in [-0.4, -0.2) is 40.6 Å². The van der Waals surface area contributed by atoms with Gasteiger partial charge in [0.25, 0.3) is 5.56 Å². The smallest absolute Gasteiger partial charge is 0.327 e. The number of anilines is 1. The summed E-state index contributed by atoms with van der Waals surface area (Å²) in [5, 5.41) is 16.7. The summed E-state index contributed by atoms with van der Waals surface area (Å²) in [6.07, 6.45) is 1.59. The van der Waals surface area contributed by atoms with Crippen LogP contribution in [0.2, 0.25) is 0 Å². The Morgan fingerprint density at radius 2 is 2.24 bits per heavy atom. The number of rotatable bonds is 7. The molecular weight excluding hydrogens is 342 g/mol. The predicted octanol–water partition coefficient (Wildman–Crippen LogP) is 0.998. The van der Waals surface area contributed by atoms with E-state index < -0.39 is 17.6 Å². The fraction of sp³-hybridized carbons (Fsp3) is 0.615. The molecular formula is C13H20BrN3O4. The van der Waals surface area contributed by atoms with Crippen LogP contribution in [0.4, 0.5) is 5.69 Å². The van der Waals surface area contributed by atoms with Crippen LogP contribution in [-0.2, 0) is 16.1 Å². The van der Waals surface area contributed by atoms with Gasteiger partial charge in [0.15, 0.2) is 0 Å². The number of aliphatic hydroxyl groups excluding tert-OH is 1. The molecule has 0 fully saturated rings. The molecule has 7 nitrogen and oxygen atoms in total. The van der Waals surface area contributed by atoms with Gasteiger partial charge < -0.3 is 15.2 Å². The molecule has 8 heteroatoms. The van der Waals surface area contributed by atoms with E-state index in [1.807, 2.05) is 13.8 Å². The van der Waals surface area contributed by atoms with Gasteiger partial charge in [-0.15, -0.1) is 0 Å². The number of hydrogen-bond acceptors (Lipinski definition) is 6. The summed E-state index contributed by atoms with van der Waals surface area (Å²) < 4.78 is 5.76. The lowest BCUT2D eigenvalue weighted by Gasteiger charge is -2.15. The summed E-state index contributed by atoms with van der Waals surface area (Å²) in [5.41, 5.74) is 0.0349. The van der Waals surface area contributed by atoms with Gasteiger partial charge >= 0.3 is 5.97 Å². The van der Waals surface area contributed by atoms with E-state index in [1.54, 1.807) is 0 Å². The van der Waals surface area contributed by atoms with Crippen molar-refractivity contribution in [3.05, 3.63) is 21.0 Å². The average Bonchev–Trinajstić information content (AvgIpc) is 2.42. The average molecular weight is 362 g/mol. The van der Waals surface area contributed by atoms with Crippen molar-refractivity contribution in [2.75, 3.05) is 19.0 Å². The van der Waals surface area contributed by atoms with Crippen LogP contribution >= 0.6 is 15.9 Å². The minimum atomic E-state index is -0.551. The second kappa shape index (κ2) is 8.14. The number of esters is 1. The molecule has 0 bridgehead atoms.